The molecule has 0 aromatic heterocycles. The summed E-state index contributed by atoms with van der Waals surface area (Å²) in [7, 11) is 0. The average molecular weight is 362 g/mol. The molecule has 2 aromatic carbocycles. The number of nitrogens with two attached hydrogens (primary N) is 2. The predicted molar refractivity (Wildman–Crippen MR) is 88.7 cm³/mol. The van der Waals surface area contributed by atoms with Crippen LogP contribution in [0.4, 0.5) is 5.69 Å². The quantitative estimate of drug-likeness (QED) is 0.375. The lowest BCUT2D eigenvalue weighted by Crippen LogP contribution is -2.22. The second kappa shape index (κ2) is 6.81. The molecule has 8 heteroatoms. The molecule has 0 aliphatic rings. The van der Waals surface area contributed by atoms with E-state index in [1.165, 1.54) is 12.1 Å². The molecule has 22 heavy (non-hydrogen) atoms. The van der Waals surface area contributed by atoms with Crippen LogP contribution in [0.5, 0.6) is 0 Å². The monoisotopic (exact) mass is 361 g/mol. The molecule has 0 spiro atoms. The Morgan fingerprint density at radius 2 is 1.45 bits per heavy atom. The molecule has 0 aliphatic heterocycles. The molecule has 0 heterocycles. The summed E-state index contributed by atoms with van der Waals surface area (Å²) in [5.74, 6) is -0.170. The van der Waals surface area contributed by atoms with E-state index in [1.54, 1.807) is 12.1 Å². The van der Waals surface area contributed by atoms with Crippen molar-refractivity contribution in [2.75, 3.05) is 0 Å². The second-order valence-corrected chi connectivity index (χ2v) is 5.20. The lowest BCUT2D eigenvalue weighted by molar-refractivity contribution is -0.384. The first-order valence-electron chi connectivity index (χ1n) is 6.15. The van der Waals surface area contributed by atoms with Crippen molar-refractivity contribution in [2.24, 2.45) is 21.7 Å². The van der Waals surface area contributed by atoms with Gasteiger partial charge in [-0.05, 0) is 24.3 Å². The fourth-order valence-electron chi connectivity index (χ4n) is 1.74. The van der Waals surface area contributed by atoms with Gasteiger partial charge in [0.1, 0.15) is 5.71 Å². The molecule has 112 valence electrons. The van der Waals surface area contributed by atoms with E-state index in [0.717, 1.165) is 10.0 Å². The number of benzene rings is 2. The van der Waals surface area contributed by atoms with Crippen molar-refractivity contribution >= 4 is 33.3 Å². The van der Waals surface area contributed by atoms with Crippen LogP contribution in [0.25, 0.3) is 0 Å². The summed E-state index contributed by atoms with van der Waals surface area (Å²) in [4.78, 5) is 10.3. The van der Waals surface area contributed by atoms with E-state index in [1.807, 2.05) is 24.3 Å². The van der Waals surface area contributed by atoms with E-state index in [4.69, 9.17) is 11.5 Å². The molecule has 0 saturated heterocycles. The number of non-ortho nitro benzene ring substituents is 1. The predicted octanol–water partition coefficient (Wildman–Crippen LogP) is 2.38. The van der Waals surface area contributed by atoms with Gasteiger partial charge in [0.25, 0.3) is 5.69 Å². The Morgan fingerprint density at radius 3 is 1.91 bits per heavy atom. The first kappa shape index (κ1) is 15.6. The van der Waals surface area contributed by atoms with Gasteiger partial charge < -0.3 is 11.5 Å². The molecule has 0 fully saturated rings. The van der Waals surface area contributed by atoms with Gasteiger partial charge in [0.05, 0.1) is 4.92 Å². The maximum absolute atomic E-state index is 10.7. The highest BCUT2D eigenvalue weighted by atomic mass is 79.9. The van der Waals surface area contributed by atoms with Crippen molar-refractivity contribution in [1.29, 1.82) is 0 Å². The Bertz CT molecular complexity index is 735. The van der Waals surface area contributed by atoms with Crippen molar-refractivity contribution in [2.45, 2.75) is 0 Å². The van der Waals surface area contributed by atoms with Gasteiger partial charge in [-0.2, -0.15) is 0 Å². The zero-order chi connectivity index (χ0) is 16.1. The normalized spacial score (nSPS) is 11.0. The topological polar surface area (TPSA) is 120 Å². The number of nitro groups is 1. The van der Waals surface area contributed by atoms with Crippen LogP contribution in [0.15, 0.2) is 63.2 Å². The smallest absolute Gasteiger partial charge is 0.269 e. The Hall–Kier alpha value is -2.74. The maximum atomic E-state index is 10.7. The van der Waals surface area contributed by atoms with Gasteiger partial charge in [-0.25, -0.2) is 0 Å². The van der Waals surface area contributed by atoms with Crippen molar-refractivity contribution in [1.82, 2.24) is 0 Å². The Kier molecular flexibility index (Phi) is 4.84. The van der Waals surface area contributed by atoms with Crippen LogP contribution in [-0.4, -0.2) is 16.6 Å². The van der Waals surface area contributed by atoms with Gasteiger partial charge in [0, 0.05) is 27.7 Å². The SMILES string of the molecule is NC(N)=N/N=C(/c1ccc(Br)cc1)c1ccc([N+](=O)[O-])cc1. The van der Waals surface area contributed by atoms with Gasteiger partial charge >= 0.3 is 0 Å². The summed E-state index contributed by atoms with van der Waals surface area (Å²) < 4.78 is 0.918. The van der Waals surface area contributed by atoms with E-state index < -0.39 is 4.92 Å². The van der Waals surface area contributed by atoms with Crippen molar-refractivity contribution in [3.05, 3.63) is 74.2 Å². The highest BCUT2D eigenvalue weighted by Gasteiger charge is 2.10. The van der Waals surface area contributed by atoms with E-state index in [0.29, 0.717) is 11.3 Å². The number of guanidine groups is 1. The van der Waals surface area contributed by atoms with E-state index >= 15 is 0 Å². The summed E-state index contributed by atoms with van der Waals surface area (Å²) in [6.07, 6.45) is 0. The van der Waals surface area contributed by atoms with Gasteiger partial charge in [0.15, 0.2) is 0 Å². The largest absolute Gasteiger partial charge is 0.369 e. The van der Waals surface area contributed by atoms with Crippen molar-refractivity contribution in [3.8, 4) is 0 Å². The molecule has 4 N–H and O–H groups in total. The average Bonchev–Trinajstić information content (AvgIpc) is 2.49. The molecule has 0 radical (unpaired) electrons. The summed E-state index contributed by atoms with van der Waals surface area (Å²) in [5, 5.41) is 18.4. The third-order valence-electron chi connectivity index (χ3n) is 2.73. The van der Waals surface area contributed by atoms with E-state index in [9.17, 15) is 10.1 Å². The fraction of sp³-hybridized carbons (Fsp3) is 0. The van der Waals surface area contributed by atoms with Crippen LogP contribution in [-0.2, 0) is 0 Å². The highest BCUT2D eigenvalue weighted by Crippen LogP contribution is 2.18. The van der Waals surface area contributed by atoms with Crippen LogP contribution in [0, 0.1) is 10.1 Å². The number of nitrogens with zero attached hydrogens (tertiary/aromatic N) is 3. The second-order valence-electron chi connectivity index (χ2n) is 4.28. The van der Waals surface area contributed by atoms with Crippen LogP contribution in [0.1, 0.15) is 11.1 Å². The third kappa shape index (κ3) is 3.89. The van der Waals surface area contributed by atoms with Crippen LogP contribution >= 0.6 is 15.9 Å². The lowest BCUT2D eigenvalue weighted by atomic mass is 10.0. The minimum absolute atomic E-state index is 0.000691. The standard InChI is InChI=1S/C14H12BrN5O2/c15-11-5-1-9(2-6-11)13(18-19-14(16)17)10-3-7-12(8-4-10)20(21)22/h1-8H,(H4,16,17,19)/b18-13-. The minimum Gasteiger partial charge on any atom is -0.369 e. The summed E-state index contributed by atoms with van der Waals surface area (Å²) in [6, 6.07) is 13.4. The minimum atomic E-state index is -0.462. The van der Waals surface area contributed by atoms with Crippen LogP contribution in [0.2, 0.25) is 0 Å². The van der Waals surface area contributed by atoms with Gasteiger partial charge in [0.2, 0.25) is 5.96 Å². The molecule has 0 saturated carbocycles. The number of hydrogen-bond donors (Lipinski definition) is 2. The molecule has 2 aromatic rings. The number of rotatable bonds is 4. The molecule has 0 aliphatic carbocycles. The maximum Gasteiger partial charge on any atom is 0.269 e. The molecule has 0 amide bonds. The fourth-order valence-corrected chi connectivity index (χ4v) is 2.00. The molecular formula is C14H12BrN5O2. The third-order valence-corrected chi connectivity index (χ3v) is 3.26. The summed E-state index contributed by atoms with van der Waals surface area (Å²) in [5.41, 5.74) is 12.6. The number of hydrogen-bond acceptors (Lipinski definition) is 4. The van der Waals surface area contributed by atoms with Crippen LogP contribution in [0.3, 0.4) is 0 Å². The first-order valence-corrected chi connectivity index (χ1v) is 6.94. The zero-order valence-corrected chi connectivity index (χ0v) is 12.9. The molecule has 0 atom stereocenters. The molecule has 7 nitrogen and oxygen atoms in total. The van der Waals surface area contributed by atoms with Gasteiger partial charge in [-0.1, -0.05) is 28.1 Å². The Balaban J connectivity index is 2.49. The molecule has 2 rings (SSSR count). The Morgan fingerprint density at radius 1 is 0.955 bits per heavy atom. The van der Waals surface area contributed by atoms with Gasteiger partial charge in [-0.3, -0.25) is 10.1 Å². The Labute approximate surface area is 134 Å². The highest BCUT2D eigenvalue weighted by molar-refractivity contribution is 9.10. The lowest BCUT2D eigenvalue weighted by Gasteiger charge is -2.06. The first-order chi connectivity index (χ1) is 10.5. The zero-order valence-electron chi connectivity index (χ0n) is 11.3. The summed E-state index contributed by atoms with van der Waals surface area (Å²) in [6.45, 7) is 0. The molecule has 0 unspecified atom stereocenters. The number of nitro benzene ring substituents is 1. The molecular weight excluding hydrogens is 350 g/mol. The van der Waals surface area contributed by atoms with E-state index in [-0.39, 0.29) is 11.6 Å². The van der Waals surface area contributed by atoms with Gasteiger partial charge in [-0.15, -0.1) is 10.2 Å². The number of halogens is 1. The summed E-state index contributed by atoms with van der Waals surface area (Å²) >= 11 is 3.36. The molecule has 0 bridgehead atoms. The van der Waals surface area contributed by atoms with E-state index in [2.05, 4.69) is 26.1 Å². The van der Waals surface area contributed by atoms with Crippen molar-refractivity contribution < 1.29 is 4.92 Å². The van der Waals surface area contributed by atoms with Crippen LogP contribution < -0.4 is 11.5 Å². The van der Waals surface area contributed by atoms with Crippen molar-refractivity contribution in [3.63, 3.8) is 0 Å².